The number of carbonyl (C=O) groups is 1. The molecule has 0 saturated heterocycles. The van der Waals surface area contributed by atoms with E-state index in [0.717, 1.165) is 30.6 Å². The van der Waals surface area contributed by atoms with Crippen LogP contribution in [0.3, 0.4) is 0 Å². The number of guanidine groups is 1. The highest BCUT2D eigenvalue weighted by molar-refractivity contribution is 14.0. The average molecular weight is 496 g/mol. The molecule has 0 fully saturated rings. The van der Waals surface area contributed by atoms with Gasteiger partial charge in [-0.25, -0.2) is 9.38 Å². The lowest BCUT2D eigenvalue weighted by Crippen LogP contribution is -2.46. The summed E-state index contributed by atoms with van der Waals surface area (Å²) in [6, 6.07) is 14.4. The predicted octanol–water partition coefficient (Wildman–Crippen LogP) is 3.48. The van der Waals surface area contributed by atoms with E-state index >= 15 is 0 Å². The van der Waals surface area contributed by atoms with E-state index in [1.807, 2.05) is 36.1 Å². The van der Waals surface area contributed by atoms with Crippen molar-refractivity contribution in [2.45, 2.75) is 26.3 Å². The third kappa shape index (κ3) is 5.92. The number of aliphatic imine (C=N–C) groups is 1. The first-order valence-corrected chi connectivity index (χ1v) is 9.32. The number of hydrogen-bond acceptors (Lipinski definition) is 2. The van der Waals surface area contributed by atoms with E-state index in [2.05, 4.69) is 21.7 Å². The third-order valence-corrected chi connectivity index (χ3v) is 4.47. The molecule has 7 heteroatoms. The molecule has 1 aliphatic heterocycles. The Bertz CT molecular complexity index is 828. The maximum Gasteiger partial charge on any atom is 0.246 e. The molecule has 0 aromatic heterocycles. The van der Waals surface area contributed by atoms with E-state index in [9.17, 15) is 9.18 Å². The minimum atomic E-state index is -0.278. The van der Waals surface area contributed by atoms with Crippen molar-refractivity contribution < 1.29 is 9.18 Å². The van der Waals surface area contributed by atoms with E-state index in [1.54, 1.807) is 6.07 Å². The lowest BCUT2D eigenvalue weighted by Gasteiger charge is -2.29. The summed E-state index contributed by atoms with van der Waals surface area (Å²) >= 11 is 0. The Morgan fingerprint density at radius 2 is 2.00 bits per heavy atom. The summed E-state index contributed by atoms with van der Waals surface area (Å²) in [5.41, 5.74) is 2.99. The fourth-order valence-corrected chi connectivity index (χ4v) is 3.19. The number of nitrogens with zero attached hydrogens (tertiary/aromatic N) is 2. The fraction of sp³-hybridized carbons (Fsp3) is 0.333. The Hall–Kier alpha value is -2.16. The molecular formula is C21H26FIN4O. The first-order valence-electron chi connectivity index (χ1n) is 9.32. The van der Waals surface area contributed by atoms with Gasteiger partial charge in [-0.3, -0.25) is 4.79 Å². The molecule has 5 nitrogen and oxygen atoms in total. The van der Waals surface area contributed by atoms with Crippen LogP contribution in [0.1, 0.15) is 24.5 Å². The minimum Gasteiger partial charge on any atom is -0.357 e. The number of rotatable bonds is 5. The number of benzene rings is 2. The predicted molar refractivity (Wildman–Crippen MR) is 122 cm³/mol. The Labute approximate surface area is 182 Å². The standard InChI is InChI=1S/C21H25FN4O.HI/c1-2-23-21(24-14-16-7-5-10-18(22)13-16)25-15-20(27)26-12-6-9-17-8-3-4-11-19(17)26;/h3-5,7-8,10-11,13H,2,6,9,12,14-15H2,1H3,(H2,23,24,25);1H. The van der Waals surface area contributed by atoms with Gasteiger partial charge in [-0.15, -0.1) is 24.0 Å². The van der Waals surface area contributed by atoms with Crippen LogP contribution in [0.4, 0.5) is 10.1 Å². The molecule has 0 bridgehead atoms. The molecule has 2 aromatic rings. The smallest absolute Gasteiger partial charge is 0.246 e. The van der Waals surface area contributed by atoms with Crippen molar-refractivity contribution in [2.75, 3.05) is 24.5 Å². The van der Waals surface area contributed by atoms with Crippen molar-refractivity contribution >= 4 is 41.5 Å². The molecule has 0 atom stereocenters. The monoisotopic (exact) mass is 496 g/mol. The molecule has 0 spiro atoms. The third-order valence-electron chi connectivity index (χ3n) is 4.47. The van der Waals surface area contributed by atoms with Crippen LogP contribution in [-0.2, 0) is 17.8 Å². The summed E-state index contributed by atoms with van der Waals surface area (Å²) in [4.78, 5) is 19.0. The van der Waals surface area contributed by atoms with Gasteiger partial charge in [-0.1, -0.05) is 30.3 Å². The molecule has 28 heavy (non-hydrogen) atoms. The van der Waals surface area contributed by atoms with Gasteiger partial charge < -0.3 is 15.5 Å². The zero-order valence-corrected chi connectivity index (χ0v) is 18.3. The van der Waals surface area contributed by atoms with Gasteiger partial charge in [0, 0.05) is 18.8 Å². The number of nitrogens with one attached hydrogen (secondary N) is 2. The summed E-state index contributed by atoms with van der Waals surface area (Å²) < 4.78 is 13.3. The summed E-state index contributed by atoms with van der Waals surface area (Å²) in [7, 11) is 0. The van der Waals surface area contributed by atoms with Crippen LogP contribution in [0.2, 0.25) is 0 Å². The number of fused-ring (bicyclic) bond motifs is 1. The first-order chi connectivity index (χ1) is 13.2. The van der Waals surface area contributed by atoms with Crippen molar-refractivity contribution in [2.24, 2.45) is 4.99 Å². The topological polar surface area (TPSA) is 56.7 Å². The molecule has 1 heterocycles. The van der Waals surface area contributed by atoms with Gasteiger partial charge in [0.15, 0.2) is 5.96 Å². The number of para-hydroxylation sites is 1. The molecule has 1 amide bonds. The zero-order valence-electron chi connectivity index (χ0n) is 16.0. The van der Waals surface area contributed by atoms with Crippen LogP contribution in [-0.4, -0.2) is 31.5 Å². The molecule has 2 aromatic carbocycles. The first kappa shape index (κ1) is 22.1. The van der Waals surface area contributed by atoms with E-state index in [1.165, 1.54) is 17.7 Å². The maximum atomic E-state index is 13.3. The van der Waals surface area contributed by atoms with E-state index in [0.29, 0.717) is 19.0 Å². The lowest BCUT2D eigenvalue weighted by atomic mass is 10.0. The number of halogens is 2. The number of aryl methyl sites for hydroxylation is 1. The normalized spacial score (nSPS) is 13.4. The maximum absolute atomic E-state index is 13.3. The molecular weight excluding hydrogens is 470 g/mol. The second-order valence-corrected chi connectivity index (χ2v) is 6.46. The van der Waals surface area contributed by atoms with Crippen LogP contribution in [0.5, 0.6) is 0 Å². The Morgan fingerprint density at radius 1 is 1.18 bits per heavy atom. The van der Waals surface area contributed by atoms with Crippen LogP contribution in [0.25, 0.3) is 0 Å². The Balaban J connectivity index is 0.00000280. The molecule has 150 valence electrons. The van der Waals surface area contributed by atoms with E-state index in [-0.39, 0.29) is 42.2 Å². The number of hydrogen-bond donors (Lipinski definition) is 2. The second kappa shape index (κ2) is 11.0. The van der Waals surface area contributed by atoms with Gasteiger partial charge in [0.1, 0.15) is 5.82 Å². The van der Waals surface area contributed by atoms with Crippen molar-refractivity contribution in [1.29, 1.82) is 0 Å². The SMILES string of the molecule is CCNC(=NCc1cccc(F)c1)NCC(=O)N1CCCc2ccccc21.I. The van der Waals surface area contributed by atoms with Crippen LogP contribution in [0, 0.1) is 5.82 Å². The molecule has 3 rings (SSSR count). The van der Waals surface area contributed by atoms with Gasteiger partial charge in [-0.2, -0.15) is 0 Å². The van der Waals surface area contributed by atoms with Crippen molar-refractivity contribution in [3.8, 4) is 0 Å². The molecule has 0 aliphatic carbocycles. The van der Waals surface area contributed by atoms with Gasteiger partial charge in [0.05, 0.1) is 13.1 Å². The summed E-state index contributed by atoms with van der Waals surface area (Å²) in [5.74, 6) is 0.276. The van der Waals surface area contributed by atoms with Crippen molar-refractivity contribution in [3.63, 3.8) is 0 Å². The molecule has 0 saturated carbocycles. The fourth-order valence-electron chi connectivity index (χ4n) is 3.19. The molecule has 0 unspecified atom stereocenters. The van der Waals surface area contributed by atoms with E-state index < -0.39 is 0 Å². The largest absolute Gasteiger partial charge is 0.357 e. The summed E-state index contributed by atoms with van der Waals surface area (Å²) in [5, 5.41) is 6.21. The number of amides is 1. The van der Waals surface area contributed by atoms with Gasteiger partial charge in [0.25, 0.3) is 0 Å². The summed E-state index contributed by atoms with van der Waals surface area (Å²) in [6.07, 6.45) is 1.97. The number of carbonyl (C=O) groups excluding carboxylic acids is 1. The summed E-state index contributed by atoms with van der Waals surface area (Å²) in [6.45, 7) is 3.86. The van der Waals surface area contributed by atoms with Gasteiger partial charge >= 0.3 is 0 Å². The van der Waals surface area contributed by atoms with Gasteiger partial charge in [-0.05, 0) is 49.1 Å². The highest BCUT2D eigenvalue weighted by atomic mass is 127. The van der Waals surface area contributed by atoms with Crippen LogP contribution in [0.15, 0.2) is 53.5 Å². The molecule has 1 aliphatic rings. The minimum absolute atomic E-state index is 0. The second-order valence-electron chi connectivity index (χ2n) is 6.46. The number of anilines is 1. The Morgan fingerprint density at radius 3 is 2.79 bits per heavy atom. The van der Waals surface area contributed by atoms with E-state index in [4.69, 9.17) is 0 Å². The Kier molecular flexibility index (Phi) is 8.69. The van der Waals surface area contributed by atoms with Crippen LogP contribution < -0.4 is 15.5 Å². The van der Waals surface area contributed by atoms with Crippen molar-refractivity contribution in [3.05, 3.63) is 65.5 Å². The lowest BCUT2D eigenvalue weighted by molar-refractivity contribution is -0.117. The molecule has 2 N–H and O–H groups in total. The highest BCUT2D eigenvalue weighted by Gasteiger charge is 2.21. The van der Waals surface area contributed by atoms with Crippen LogP contribution >= 0.6 is 24.0 Å². The van der Waals surface area contributed by atoms with Gasteiger partial charge in [0.2, 0.25) is 5.91 Å². The quantitative estimate of drug-likeness (QED) is 0.379. The van der Waals surface area contributed by atoms with Crippen molar-refractivity contribution in [1.82, 2.24) is 10.6 Å². The average Bonchev–Trinajstić information content (AvgIpc) is 2.69. The highest BCUT2D eigenvalue weighted by Crippen LogP contribution is 2.26. The zero-order chi connectivity index (χ0) is 19.1. The molecule has 0 radical (unpaired) electrons.